The van der Waals surface area contributed by atoms with E-state index in [1.165, 1.54) is 0 Å². The van der Waals surface area contributed by atoms with Gasteiger partial charge in [0.25, 0.3) is 0 Å². The van der Waals surface area contributed by atoms with E-state index in [1.807, 2.05) is 54.7 Å². The van der Waals surface area contributed by atoms with Crippen molar-refractivity contribution in [3.8, 4) is 5.75 Å². The van der Waals surface area contributed by atoms with Gasteiger partial charge in [0.2, 0.25) is 0 Å². The lowest BCUT2D eigenvalue weighted by molar-refractivity contribution is 0.152. The second kappa shape index (κ2) is 11.5. The molecule has 4 rings (SSSR count). The summed E-state index contributed by atoms with van der Waals surface area (Å²) in [6.07, 6.45) is 3.83. The Bertz CT molecular complexity index is 980. The molecule has 1 saturated heterocycles. The van der Waals surface area contributed by atoms with Crippen LogP contribution >= 0.6 is 0 Å². The molecule has 0 amide bonds. The third-order valence-corrected chi connectivity index (χ3v) is 5.63. The van der Waals surface area contributed by atoms with Crippen LogP contribution < -0.4 is 10.1 Å². The zero-order chi connectivity index (χ0) is 22.0. The van der Waals surface area contributed by atoms with E-state index in [9.17, 15) is 0 Å². The van der Waals surface area contributed by atoms with Crippen molar-refractivity contribution in [3.63, 3.8) is 0 Å². The van der Waals surface area contributed by atoms with E-state index in [0.29, 0.717) is 0 Å². The van der Waals surface area contributed by atoms with E-state index < -0.39 is 0 Å². The summed E-state index contributed by atoms with van der Waals surface area (Å²) in [4.78, 5) is 9.70. The molecule has 32 heavy (non-hydrogen) atoms. The predicted molar refractivity (Wildman–Crippen MR) is 127 cm³/mol. The number of fused-ring (bicyclic) bond motifs is 1. The highest BCUT2D eigenvalue weighted by molar-refractivity contribution is 5.80. The van der Waals surface area contributed by atoms with Crippen LogP contribution in [0.5, 0.6) is 5.75 Å². The Morgan fingerprint density at radius 1 is 1.03 bits per heavy atom. The summed E-state index contributed by atoms with van der Waals surface area (Å²) in [6, 6.07) is 16.0. The SMILES string of the molecule is CCNC(=NCCCc1nnc2ccccn12)N1CCN(CCOc2ccccc2)CC1. The van der Waals surface area contributed by atoms with Crippen molar-refractivity contribution in [2.24, 2.45) is 4.99 Å². The van der Waals surface area contributed by atoms with Gasteiger partial charge in [0, 0.05) is 58.4 Å². The molecule has 2 aromatic heterocycles. The Morgan fingerprint density at radius 2 is 1.84 bits per heavy atom. The number of para-hydroxylation sites is 1. The number of benzene rings is 1. The van der Waals surface area contributed by atoms with Crippen LogP contribution in [0.1, 0.15) is 19.2 Å². The number of nitrogens with one attached hydrogen (secondary N) is 1. The van der Waals surface area contributed by atoms with E-state index in [2.05, 4.69) is 36.6 Å². The second-order valence-electron chi connectivity index (χ2n) is 7.87. The van der Waals surface area contributed by atoms with Crippen molar-refractivity contribution < 1.29 is 4.74 Å². The summed E-state index contributed by atoms with van der Waals surface area (Å²) in [5.41, 5.74) is 0.895. The lowest BCUT2D eigenvalue weighted by Crippen LogP contribution is -2.53. The highest BCUT2D eigenvalue weighted by atomic mass is 16.5. The summed E-state index contributed by atoms with van der Waals surface area (Å²) in [5.74, 6) is 2.94. The highest BCUT2D eigenvalue weighted by Gasteiger charge is 2.19. The summed E-state index contributed by atoms with van der Waals surface area (Å²) in [5, 5.41) is 12.0. The molecule has 0 aliphatic carbocycles. The van der Waals surface area contributed by atoms with Crippen LogP contribution in [0.4, 0.5) is 0 Å². The first-order chi connectivity index (χ1) is 15.8. The minimum absolute atomic E-state index is 0.718. The molecule has 1 fully saturated rings. The predicted octanol–water partition coefficient (Wildman–Crippen LogP) is 2.32. The molecule has 3 heterocycles. The summed E-state index contributed by atoms with van der Waals surface area (Å²) < 4.78 is 7.89. The number of aromatic nitrogens is 3. The minimum Gasteiger partial charge on any atom is -0.492 e. The average Bonchev–Trinajstić information content (AvgIpc) is 3.25. The number of piperazine rings is 1. The van der Waals surface area contributed by atoms with Crippen molar-refractivity contribution in [2.45, 2.75) is 19.8 Å². The van der Waals surface area contributed by atoms with E-state index in [0.717, 1.165) is 88.4 Å². The van der Waals surface area contributed by atoms with Crippen LogP contribution in [-0.2, 0) is 6.42 Å². The third-order valence-electron chi connectivity index (χ3n) is 5.63. The van der Waals surface area contributed by atoms with Gasteiger partial charge in [-0.2, -0.15) is 0 Å². The van der Waals surface area contributed by atoms with E-state index in [-0.39, 0.29) is 0 Å². The number of hydrogen-bond acceptors (Lipinski definition) is 5. The molecule has 0 atom stereocenters. The van der Waals surface area contributed by atoms with Gasteiger partial charge in [-0.25, -0.2) is 0 Å². The number of aliphatic imine (C=N–C) groups is 1. The molecule has 170 valence electrons. The lowest BCUT2D eigenvalue weighted by atomic mass is 10.3. The van der Waals surface area contributed by atoms with Gasteiger partial charge in [-0.15, -0.1) is 10.2 Å². The van der Waals surface area contributed by atoms with Gasteiger partial charge in [0.05, 0.1) is 0 Å². The third kappa shape index (κ3) is 5.97. The minimum atomic E-state index is 0.718. The standard InChI is InChI=1S/C24H33N7O/c1-2-25-24(26-13-8-12-23-28-27-22-11-6-7-14-31(22)23)30-17-15-29(16-18-30)19-20-32-21-9-4-3-5-10-21/h3-7,9-11,14H,2,8,12-13,15-20H2,1H3,(H,25,26). The lowest BCUT2D eigenvalue weighted by Gasteiger charge is -2.36. The van der Waals surface area contributed by atoms with E-state index in [4.69, 9.17) is 9.73 Å². The molecule has 1 aliphatic heterocycles. The second-order valence-corrected chi connectivity index (χ2v) is 7.87. The molecule has 0 saturated carbocycles. The number of guanidine groups is 1. The summed E-state index contributed by atoms with van der Waals surface area (Å²) in [6.45, 7) is 9.43. The summed E-state index contributed by atoms with van der Waals surface area (Å²) >= 11 is 0. The van der Waals surface area contributed by atoms with Gasteiger partial charge in [-0.1, -0.05) is 24.3 Å². The molecule has 3 aromatic rings. The zero-order valence-electron chi connectivity index (χ0n) is 18.9. The van der Waals surface area contributed by atoms with Gasteiger partial charge in [0.1, 0.15) is 18.2 Å². The van der Waals surface area contributed by atoms with Gasteiger partial charge in [0.15, 0.2) is 11.6 Å². The molecular weight excluding hydrogens is 402 g/mol. The first-order valence-electron chi connectivity index (χ1n) is 11.6. The van der Waals surface area contributed by atoms with Crippen LogP contribution in [0.25, 0.3) is 5.65 Å². The van der Waals surface area contributed by atoms with Crippen molar-refractivity contribution in [2.75, 3.05) is 52.4 Å². The normalized spacial score (nSPS) is 15.3. The van der Waals surface area contributed by atoms with Crippen LogP contribution in [0.2, 0.25) is 0 Å². The Morgan fingerprint density at radius 3 is 2.66 bits per heavy atom. The quantitative estimate of drug-likeness (QED) is 0.316. The van der Waals surface area contributed by atoms with Crippen LogP contribution in [0, 0.1) is 0 Å². The topological polar surface area (TPSA) is 70.3 Å². The van der Waals surface area contributed by atoms with Gasteiger partial charge in [-0.05, 0) is 37.6 Å². The molecule has 8 nitrogen and oxygen atoms in total. The highest BCUT2D eigenvalue weighted by Crippen LogP contribution is 2.09. The van der Waals surface area contributed by atoms with Gasteiger partial charge in [-0.3, -0.25) is 14.3 Å². The maximum absolute atomic E-state index is 5.84. The number of nitrogens with zero attached hydrogens (tertiary/aromatic N) is 6. The van der Waals surface area contributed by atoms with Crippen LogP contribution in [0.3, 0.4) is 0 Å². The maximum atomic E-state index is 5.84. The van der Waals surface area contributed by atoms with E-state index in [1.54, 1.807) is 0 Å². The zero-order valence-corrected chi connectivity index (χ0v) is 18.9. The molecule has 1 N–H and O–H groups in total. The molecule has 0 bridgehead atoms. The molecule has 8 heteroatoms. The van der Waals surface area contributed by atoms with Crippen LogP contribution in [-0.4, -0.2) is 82.8 Å². The Hall–Kier alpha value is -3.13. The Labute approximate surface area is 189 Å². The fourth-order valence-electron chi connectivity index (χ4n) is 3.90. The maximum Gasteiger partial charge on any atom is 0.194 e. The molecule has 1 aliphatic rings. The van der Waals surface area contributed by atoms with Crippen molar-refractivity contribution >= 4 is 11.6 Å². The monoisotopic (exact) mass is 435 g/mol. The summed E-state index contributed by atoms with van der Waals surface area (Å²) in [7, 11) is 0. The van der Waals surface area contributed by atoms with E-state index >= 15 is 0 Å². The van der Waals surface area contributed by atoms with Crippen molar-refractivity contribution in [3.05, 3.63) is 60.6 Å². The smallest absolute Gasteiger partial charge is 0.194 e. The first kappa shape index (κ1) is 22.1. The average molecular weight is 436 g/mol. The number of aryl methyl sites for hydroxylation is 1. The molecule has 0 spiro atoms. The van der Waals surface area contributed by atoms with Crippen molar-refractivity contribution in [1.82, 2.24) is 29.7 Å². The molecular formula is C24H33N7O. The van der Waals surface area contributed by atoms with Gasteiger partial charge < -0.3 is 15.0 Å². The molecule has 1 aromatic carbocycles. The number of rotatable bonds is 9. The largest absolute Gasteiger partial charge is 0.492 e. The first-order valence-corrected chi connectivity index (χ1v) is 11.6. The molecule has 0 unspecified atom stereocenters. The molecule has 0 radical (unpaired) electrons. The van der Waals surface area contributed by atoms with Gasteiger partial charge >= 0.3 is 0 Å². The van der Waals surface area contributed by atoms with Crippen molar-refractivity contribution in [1.29, 1.82) is 0 Å². The Kier molecular flexibility index (Phi) is 7.92. The number of hydrogen-bond donors (Lipinski definition) is 1. The fourth-order valence-corrected chi connectivity index (χ4v) is 3.90. The fraction of sp³-hybridized carbons (Fsp3) is 0.458. The Balaban J connectivity index is 1.21. The number of ether oxygens (including phenoxy) is 1. The number of pyridine rings is 1. The van der Waals surface area contributed by atoms with Crippen LogP contribution in [0.15, 0.2) is 59.7 Å².